The average Bonchev–Trinajstić information content (AvgIpc) is 3.21. The Balaban J connectivity index is 1.62. The lowest BCUT2D eigenvalue weighted by atomic mass is 10.2. The zero-order valence-corrected chi connectivity index (χ0v) is 13.7. The summed E-state index contributed by atoms with van der Waals surface area (Å²) < 4.78 is 20.9. The second-order valence-corrected chi connectivity index (χ2v) is 5.57. The number of nitrogens with zero attached hydrogens (tertiary/aromatic N) is 1. The van der Waals surface area contributed by atoms with Crippen LogP contribution in [0.25, 0.3) is 6.08 Å². The summed E-state index contributed by atoms with van der Waals surface area (Å²) in [6.07, 6.45) is 1.56. The summed E-state index contributed by atoms with van der Waals surface area (Å²) in [5.74, 6) is 0.812. The van der Waals surface area contributed by atoms with Gasteiger partial charge in [0.15, 0.2) is 17.2 Å². The molecule has 2 aliphatic heterocycles. The van der Waals surface area contributed by atoms with Gasteiger partial charge in [-0.1, -0.05) is 12.1 Å². The first-order valence-electron chi connectivity index (χ1n) is 7.79. The molecule has 2 aromatic carbocycles. The minimum Gasteiger partial charge on any atom is -0.454 e. The molecule has 7 heteroatoms. The molecule has 0 amide bonds. The Bertz CT molecular complexity index is 976. The molecule has 2 heterocycles. The van der Waals surface area contributed by atoms with Gasteiger partial charge in [-0.25, -0.2) is 9.79 Å². The predicted octanol–water partition coefficient (Wildman–Crippen LogP) is 2.69. The van der Waals surface area contributed by atoms with Gasteiger partial charge in [-0.15, -0.1) is 0 Å². The highest BCUT2D eigenvalue weighted by Gasteiger charge is 2.25. The summed E-state index contributed by atoms with van der Waals surface area (Å²) in [5.41, 5.74) is 1.42. The van der Waals surface area contributed by atoms with Crippen molar-refractivity contribution in [2.45, 2.75) is 6.92 Å². The molecular weight excluding hydrogens is 338 g/mol. The lowest BCUT2D eigenvalue weighted by molar-refractivity contribution is -0.132. The molecule has 0 bridgehead atoms. The van der Waals surface area contributed by atoms with E-state index in [1.807, 2.05) is 0 Å². The first-order chi connectivity index (χ1) is 12.6. The molecule has 0 fully saturated rings. The molecule has 0 saturated carbocycles. The number of carbonyl (C=O) groups is 2. The number of hydrogen-bond donors (Lipinski definition) is 0. The van der Waals surface area contributed by atoms with Gasteiger partial charge in [0.25, 0.3) is 0 Å². The SMILES string of the molecule is CC(=O)Oc1cccc(/C=C2/N=C(c3ccc4c(c3)OCO4)OC2=O)c1. The fourth-order valence-corrected chi connectivity index (χ4v) is 2.55. The molecule has 26 heavy (non-hydrogen) atoms. The van der Waals surface area contributed by atoms with Crippen LogP contribution >= 0.6 is 0 Å². The van der Waals surface area contributed by atoms with Gasteiger partial charge in [-0.3, -0.25) is 4.79 Å². The van der Waals surface area contributed by atoms with Crippen molar-refractivity contribution < 1.29 is 28.5 Å². The van der Waals surface area contributed by atoms with E-state index in [0.29, 0.717) is 28.4 Å². The van der Waals surface area contributed by atoms with Crippen molar-refractivity contribution in [2.24, 2.45) is 4.99 Å². The van der Waals surface area contributed by atoms with Gasteiger partial charge in [0, 0.05) is 12.5 Å². The monoisotopic (exact) mass is 351 g/mol. The number of carbonyl (C=O) groups excluding carboxylic acids is 2. The number of rotatable bonds is 3. The molecule has 2 aliphatic rings. The highest BCUT2D eigenvalue weighted by molar-refractivity contribution is 6.13. The standard InChI is InChI=1S/C19H13NO6/c1-11(21)25-14-4-2-3-12(7-14)8-15-19(22)26-18(20-15)13-5-6-16-17(9-13)24-10-23-16/h2-9H,10H2,1H3/b15-8+. The average molecular weight is 351 g/mol. The molecule has 0 aliphatic carbocycles. The summed E-state index contributed by atoms with van der Waals surface area (Å²) in [6.45, 7) is 1.48. The number of benzene rings is 2. The molecule has 4 rings (SSSR count). The fourth-order valence-electron chi connectivity index (χ4n) is 2.55. The predicted molar refractivity (Wildman–Crippen MR) is 90.9 cm³/mol. The van der Waals surface area contributed by atoms with Gasteiger partial charge in [0.2, 0.25) is 12.7 Å². The van der Waals surface area contributed by atoms with E-state index in [9.17, 15) is 9.59 Å². The first-order valence-corrected chi connectivity index (χ1v) is 7.79. The molecule has 0 aromatic heterocycles. The Morgan fingerprint density at radius 2 is 2.00 bits per heavy atom. The van der Waals surface area contributed by atoms with Crippen molar-refractivity contribution in [1.29, 1.82) is 0 Å². The van der Waals surface area contributed by atoms with Crippen LogP contribution < -0.4 is 14.2 Å². The Labute approximate surface area is 148 Å². The van der Waals surface area contributed by atoms with E-state index >= 15 is 0 Å². The van der Waals surface area contributed by atoms with Crippen molar-refractivity contribution in [3.8, 4) is 17.2 Å². The number of aliphatic imine (C=N–C) groups is 1. The van der Waals surface area contributed by atoms with Crippen LogP contribution in [0.2, 0.25) is 0 Å². The third kappa shape index (κ3) is 3.14. The van der Waals surface area contributed by atoms with Gasteiger partial charge >= 0.3 is 11.9 Å². The minimum absolute atomic E-state index is 0.151. The Morgan fingerprint density at radius 3 is 2.85 bits per heavy atom. The van der Waals surface area contributed by atoms with Crippen molar-refractivity contribution in [3.63, 3.8) is 0 Å². The van der Waals surface area contributed by atoms with E-state index in [1.54, 1.807) is 48.5 Å². The molecule has 0 radical (unpaired) electrons. The van der Waals surface area contributed by atoms with E-state index in [0.717, 1.165) is 0 Å². The molecule has 0 spiro atoms. The number of hydrogen-bond acceptors (Lipinski definition) is 7. The summed E-state index contributed by atoms with van der Waals surface area (Å²) in [5, 5.41) is 0. The second kappa shape index (κ2) is 6.36. The van der Waals surface area contributed by atoms with Gasteiger partial charge < -0.3 is 18.9 Å². The van der Waals surface area contributed by atoms with Crippen LogP contribution in [-0.2, 0) is 14.3 Å². The van der Waals surface area contributed by atoms with Crippen LogP contribution in [0.1, 0.15) is 18.1 Å². The quantitative estimate of drug-likeness (QED) is 0.480. The number of ether oxygens (including phenoxy) is 4. The normalized spacial score (nSPS) is 16.4. The Kier molecular flexibility index (Phi) is 3.89. The highest BCUT2D eigenvalue weighted by Crippen LogP contribution is 2.33. The smallest absolute Gasteiger partial charge is 0.363 e. The van der Waals surface area contributed by atoms with E-state index in [2.05, 4.69) is 4.99 Å². The zero-order valence-electron chi connectivity index (χ0n) is 13.7. The third-order valence-electron chi connectivity index (χ3n) is 3.66. The van der Waals surface area contributed by atoms with E-state index in [-0.39, 0.29) is 18.4 Å². The first kappa shape index (κ1) is 15.9. The lowest BCUT2D eigenvalue weighted by Gasteiger charge is -2.01. The van der Waals surface area contributed by atoms with Crippen LogP contribution in [0.4, 0.5) is 0 Å². The number of esters is 2. The molecule has 0 saturated heterocycles. The number of cyclic esters (lactones) is 1. The van der Waals surface area contributed by atoms with Gasteiger partial charge in [0.1, 0.15) is 5.75 Å². The van der Waals surface area contributed by atoms with Crippen molar-refractivity contribution in [2.75, 3.05) is 6.79 Å². The van der Waals surface area contributed by atoms with Crippen molar-refractivity contribution in [1.82, 2.24) is 0 Å². The topological polar surface area (TPSA) is 83.4 Å². The van der Waals surface area contributed by atoms with Crippen LogP contribution in [0, 0.1) is 0 Å². The van der Waals surface area contributed by atoms with Gasteiger partial charge in [-0.2, -0.15) is 0 Å². The molecule has 0 N–H and O–H groups in total. The Morgan fingerprint density at radius 1 is 1.15 bits per heavy atom. The van der Waals surface area contributed by atoms with Crippen LogP contribution in [0.3, 0.4) is 0 Å². The number of fused-ring (bicyclic) bond motifs is 1. The van der Waals surface area contributed by atoms with Crippen molar-refractivity contribution >= 4 is 23.9 Å². The summed E-state index contributed by atoms with van der Waals surface area (Å²) in [4.78, 5) is 27.4. The summed E-state index contributed by atoms with van der Waals surface area (Å²) >= 11 is 0. The Hall–Kier alpha value is -3.61. The molecule has 130 valence electrons. The van der Waals surface area contributed by atoms with Crippen LogP contribution in [-0.4, -0.2) is 24.6 Å². The summed E-state index contributed by atoms with van der Waals surface area (Å²) in [6, 6.07) is 11.9. The highest BCUT2D eigenvalue weighted by atomic mass is 16.7. The van der Waals surface area contributed by atoms with E-state index in [1.165, 1.54) is 6.92 Å². The fraction of sp³-hybridized carbons (Fsp3) is 0.105. The third-order valence-corrected chi connectivity index (χ3v) is 3.66. The zero-order chi connectivity index (χ0) is 18.1. The molecule has 0 unspecified atom stereocenters. The lowest BCUT2D eigenvalue weighted by Crippen LogP contribution is -2.05. The molecule has 2 aromatic rings. The van der Waals surface area contributed by atoms with Crippen molar-refractivity contribution in [3.05, 3.63) is 59.3 Å². The maximum Gasteiger partial charge on any atom is 0.363 e. The minimum atomic E-state index is -0.560. The van der Waals surface area contributed by atoms with Gasteiger partial charge in [-0.05, 0) is 42.0 Å². The van der Waals surface area contributed by atoms with Crippen LogP contribution in [0.5, 0.6) is 17.2 Å². The second-order valence-electron chi connectivity index (χ2n) is 5.57. The molecular formula is C19H13NO6. The van der Waals surface area contributed by atoms with E-state index in [4.69, 9.17) is 18.9 Å². The van der Waals surface area contributed by atoms with Gasteiger partial charge in [0.05, 0.1) is 0 Å². The summed E-state index contributed by atoms with van der Waals surface area (Å²) in [7, 11) is 0. The maximum atomic E-state index is 12.1. The molecule has 7 nitrogen and oxygen atoms in total. The van der Waals surface area contributed by atoms with E-state index < -0.39 is 11.9 Å². The molecule has 0 atom stereocenters. The van der Waals surface area contributed by atoms with Crippen LogP contribution in [0.15, 0.2) is 53.2 Å². The largest absolute Gasteiger partial charge is 0.454 e. The maximum absolute atomic E-state index is 12.1.